The average molecular weight is 259 g/mol. The van der Waals surface area contributed by atoms with Crippen molar-refractivity contribution in [3.05, 3.63) is 41.8 Å². The summed E-state index contributed by atoms with van der Waals surface area (Å²) in [5, 5.41) is 8.92. The molecule has 2 rings (SSSR count). The van der Waals surface area contributed by atoms with Crippen LogP contribution in [0, 0.1) is 6.92 Å². The van der Waals surface area contributed by atoms with E-state index in [2.05, 4.69) is 4.98 Å². The minimum Gasteiger partial charge on any atom is -0.481 e. The first-order valence-electron chi connectivity index (χ1n) is 6.13. The Hall–Kier alpha value is -2.10. The zero-order valence-corrected chi connectivity index (χ0v) is 11.3. The minimum atomic E-state index is -0.794. The van der Waals surface area contributed by atoms with Crippen LogP contribution < -0.4 is 0 Å². The number of rotatable bonds is 4. The Labute approximate surface area is 112 Å². The van der Waals surface area contributed by atoms with Crippen molar-refractivity contribution in [3.8, 4) is 11.5 Å². The third-order valence-electron chi connectivity index (χ3n) is 3.13. The van der Waals surface area contributed by atoms with Crippen molar-refractivity contribution in [2.24, 2.45) is 0 Å². The number of aliphatic carboxylic acids is 1. The number of carbonyl (C=O) groups is 1. The van der Waals surface area contributed by atoms with Crippen molar-refractivity contribution in [2.75, 3.05) is 0 Å². The molecule has 0 atom stereocenters. The molecular weight excluding hydrogens is 242 g/mol. The van der Waals surface area contributed by atoms with Crippen LogP contribution in [0.4, 0.5) is 0 Å². The van der Waals surface area contributed by atoms with Gasteiger partial charge in [0.1, 0.15) is 6.26 Å². The van der Waals surface area contributed by atoms with E-state index >= 15 is 0 Å². The fraction of sp³-hybridized carbons (Fsp3) is 0.333. The smallest absolute Gasteiger partial charge is 0.304 e. The standard InChI is InChI=1S/C15H17NO3/c1-10-9-19-14(16-10)11-4-6-12(7-5-11)15(2,3)8-13(17)18/h4-7,9H,8H2,1-3H3,(H,17,18). The molecule has 0 saturated heterocycles. The second-order valence-corrected chi connectivity index (χ2v) is 5.33. The molecule has 1 aromatic carbocycles. The maximum absolute atomic E-state index is 10.9. The highest BCUT2D eigenvalue weighted by atomic mass is 16.4. The van der Waals surface area contributed by atoms with E-state index in [0.29, 0.717) is 5.89 Å². The molecule has 4 heteroatoms. The quantitative estimate of drug-likeness (QED) is 0.914. The number of oxazole rings is 1. The van der Waals surface area contributed by atoms with Crippen molar-refractivity contribution < 1.29 is 14.3 Å². The van der Waals surface area contributed by atoms with Crippen LogP contribution >= 0.6 is 0 Å². The molecule has 0 fully saturated rings. The van der Waals surface area contributed by atoms with Gasteiger partial charge in [0.15, 0.2) is 0 Å². The summed E-state index contributed by atoms with van der Waals surface area (Å²) in [5.74, 6) is -0.211. The molecule has 0 amide bonds. The topological polar surface area (TPSA) is 63.3 Å². The van der Waals surface area contributed by atoms with Gasteiger partial charge in [-0.1, -0.05) is 26.0 Å². The van der Waals surface area contributed by atoms with Crippen LogP contribution in [0.15, 0.2) is 34.9 Å². The summed E-state index contributed by atoms with van der Waals surface area (Å²) >= 11 is 0. The molecule has 1 N–H and O–H groups in total. The van der Waals surface area contributed by atoms with Gasteiger partial charge in [-0.25, -0.2) is 4.98 Å². The summed E-state index contributed by atoms with van der Waals surface area (Å²) in [5.41, 5.74) is 2.33. The lowest BCUT2D eigenvalue weighted by Crippen LogP contribution is -2.21. The van der Waals surface area contributed by atoms with Crippen molar-refractivity contribution in [2.45, 2.75) is 32.6 Å². The first kappa shape index (κ1) is 13.3. The predicted octanol–water partition coefficient (Wildman–Crippen LogP) is 3.40. The number of carboxylic acids is 1. The van der Waals surface area contributed by atoms with E-state index in [4.69, 9.17) is 9.52 Å². The van der Waals surface area contributed by atoms with Gasteiger partial charge >= 0.3 is 5.97 Å². The summed E-state index contributed by atoms with van der Waals surface area (Å²) in [6.07, 6.45) is 1.71. The van der Waals surface area contributed by atoms with Crippen LogP contribution in [0.1, 0.15) is 31.5 Å². The monoisotopic (exact) mass is 259 g/mol. The van der Waals surface area contributed by atoms with Crippen molar-refractivity contribution >= 4 is 5.97 Å². The highest BCUT2D eigenvalue weighted by Gasteiger charge is 2.24. The lowest BCUT2D eigenvalue weighted by molar-refractivity contribution is -0.138. The highest BCUT2D eigenvalue weighted by molar-refractivity contribution is 5.69. The maximum Gasteiger partial charge on any atom is 0.304 e. The summed E-state index contributed by atoms with van der Waals surface area (Å²) in [7, 11) is 0. The van der Waals surface area contributed by atoms with Crippen LogP contribution in [0.3, 0.4) is 0 Å². The van der Waals surface area contributed by atoms with Gasteiger partial charge < -0.3 is 9.52 Å². The van der Waals surface area contributed by atoms with Crippen LogP contribution in [0.5, 0.6) is 0 Å². The average Bonchev–Trinajstić information content (AvgIpc) is 2.74. The van der Waals surface area contributed by atoms with Gasteiger partial charge in [0.05, 0.1) is 12.1 Å². The Bertz CT molecular complexity index is 582. The first-order chi connectivity index (χ1) is 8.88. The summed E-state index contributed by atoms with van der Waals surface area (Å²) in [6, 6.07) is 7.67. The van der Waals surface area contributed by atoms with Gasteiger partial charge in [0.2, 0.25) is 5.89 Å². The number of hydrogen-bond donors (Lipinski definition) is 1. The van der Waals surface area contributed by atoms with E-state index in [9.17, 15) is 4.79 Å². The fourth-order valence-corrected chi connectivity index (χ4v) is 2.03. The molecule has 1 aromatic heterocycles. The summed E-state index contributed by atoms with van der Waals surface area (Å²) < 4.78 is 5.34. The fourth-order valence-electron chi connectivity index (χ4n) is 2.03. The summed E-state index contributed by atoms with van der Waals surface area (Å²) in [6.45, 7) is 5.72. The van der Waals surface area contributed by atoms with Gasteiger partial charge in [-0.15, -0.1) is 0 Å². The predicted molar refractivity (Wildman–Crippen MR) is 72.0 cm³/mol. The first-order valence-corrected chi connectivity index (χ1v) is 6.13. The molecule has 0 saturated carbocycles. The van der Waals surface area contributed by atoms with Crippen LogP contribution in [-0.2, 0) is 10.2 Å². The van der Waals surface area contributed by atoms with Gasteiger partial charge in [-0.3, -0.25) is 4.79 Å². The van der Waals surface area contributed by atoms with E-state index in [1.165, 1.54) is 0 Å². The number of hydrogen-bond acceptors (Lipinski definition) is 3. The van der Waals surface area contributed by atoms with Gasteiger partial charge in [-0.05, 0) is 24.6 Å². The maximum atomic E-state index is 10.9. The van der Waals surface area contributed by atoms with Gasteiger partial charge in [0.25, 0.3) is 0 Å². The highest BCUT2D eigenvalue weighted by Crippen LogP contribution is 2.29. The Kier molecular flexibility index (Phi) is 3.42. The molecule has 0 radical (unpaired) electrons. The van der Waals surface area contributed by atoms with Crippen LogP contribution in [0.25, 0.3) is 11.5 Å². The van der Waals surface area contributed by atoms with E-state index in [0.717, 1.165) is 16.8 Å². The minimum absolute atomic E-state index is 0.102. The van der Waals surface area contributed by atoms with Crippen LogP contribution in [-0.4, -0.2) is 16.1 Å². The molecule has 0 spiro atoms. The SMILES string of the molecule is Cc1coc(-c2ccc(C(C)(C)CC(=O)O)cc2)n1. The normalized spacial score (nSPS) is 11.5. The molecule has 19 heavy (non-hydrogen) atoms. The van der Waals surface area contributed by atoms with Crippen molar-refractivity contribution in [1.29, 1.82) is 0 Å². The molecule has 1 heterocycles. The second-order valence-electron chi connectivity index (χ2n) is 5.33. The van der Waals surface area contributed by atoms with Gasteiger partial charge in [-0.2, -0.15) is 0 Å². The molecule has 4 nitrogen and oxygen atoms in total. The molecule has 0 bridgehead atoms. The third kappa shape index (κ3) is 3.02. The molecule has 0 aliphatic rings. The molecule has 100 valence electrons. The number of nitrogens with zero attached hydrogens (tertiary/aromatic N) is 1. The number of aromatic nitrogens is 1. The van der Waals surface area contributed by atoms with E-state index in [-0.39, 0.29) is 6.42 Å². The zero-order valence-electron chi connectivity index (χ0n) is 11.3. The molecule has 0 unspecified atom stereocenters. The lowest BCUT2D eigenvalue weighted by atomic mass is 9.81. The molecule has 0 aliphatic heterocycles. The number of aryl methyl sites for hydroxylation is 1. The largest absolute Gasteiger partial charge is 0.481 e. The Morgan fingerprint density at radius 3 is 2.42 bits per heavy atom. The molecule has 0 aliphatic carbocycles. The second kappa shape index (κ2) is 4.88. The Morgan fingerprint density at radius 2 is 1.95 bits per heavy atom. The van der Waals surface area contributed by atoms with E-state index in [1.807, 2.05) is 45.0 Å². The summed E-state index contributed by atoms with van der Waals surface area (Å²) in [4.78, 5) is 15.1. The van der Waals surface area contributed by atoms with E-state index < -0.39 is 11.4 Å². The van der Waals surface area contributed by atoms with Crippen molar-refractivity contribution in [1.82, 2.24) is 4.98 Å². The molecular formula is C15H17NO3. The van der Waals surface area contributed by atoms with E-state index in [1.54, 1.807) is 6.26 Å². The Morgan fingerprint density at radius 1 is 1.32 bits per heavy atom. The molecule has 2 aromatic rings. The lowest BCUT2D eigenvalue weighted by Gasteiger charge is -2.23. The number of benzene rings is 1. The van der Waals surface area contributed by atoms with Crippen LogP contribution in [0.2, 0.25) is 0 Å². The van der Waals surface area contributed by atoms with Crippen molar-refractivity contribution in [3.63, 3.8) is 0 Å². The number of carboxylic acid groups (broad SMARTS) is 1. The zero-order chi connectivity index (χ0) is 14.0. The third-order valence-corrected chi connectivity index (χ3v) is 3.13. The Balaban J connectivity index is 2.25. The van der Waals surface area contributed by atoms with Gasteiger partial charge in [0, 0.05) is 11.0 Å².